The van der Waals surface area contributed by atoms with E-state index in [1.54, 1.807) is 0 Å². The van der Waals surface area contributed by atoms with Crippen LogP contribution in [0.1, 0.15) is 26.2 Å². The van der Waals surface area contributed by atoms with Crippen LogP contribution in [0.3, 0.4) is 0 Å². The van der Waals surface area contributed by atoms with E-state index in [-0.39, 0.29) is 40.6 Å². The van der Waals surface area contributed by atoms with Crippen LogP contribution in [0.15, 0.2) is 23.1 Å². The number of nitro benzene ring substituents is 1. The number of carbonyl (C=O) groups is 1. The van der Waals surface area contributed by atoms with Gasteiger partial charge in [0, 0.05) is 25.2 Å². The number of sulfonamides is 1. The van der Waals surface area contributed by atoms with E-state index in [0.29, 0.717) is 19.4 Å². The van der Waals surface area contributed by atoms with Crippen LogP contribution in [-0.2, 0) is 19.6 Å². The summed E-state index contributed by atoms with van der Waals surface area (Å²) in [5, 5.41) is 10.8. The molecule has 138 valence electrons. The third kappa shape index (κ3) is 4.47. The zero-order chi connectivity index (χ0) is 18.6. The molecule has 1 aliphatic rings. The molecule has 0 saturated carbocycles. The minimum atomic E-state index is -3.97. The number of hydrogen-bond donors (Lipinski definition) is 0. The highest BCUT2D eigenvalue weighted by atomic mass is 35.5. The average Bonchev–Trinajstić information content (AvgIpc) is 2.59. The SMILES string of the molecule is CCCOC(=O)C1CCN(S(=O)(=O)c2cc([N+](=O)[O-])ccc2Cl)CC1. The fraction of sp³-hybridized carbons (Fsp3) is 0.533. The number of benzene rings is 1. The van der Waals surface area contributed by atoms with Gasteiger partial charge in [0.15, 0.2) is 0 Å². The summed E-state index contributed by atoms with van der Waals surface area (Å²) in [5.41, 5.74) is -0.346. The fourth-order valence-corrected chi connectivity index (χ4v) is 4.56. The maximum Gasteiger partial charge on any atom is 0.309 e. The topological polar surface area (TPSA) is 107 Å². The van der Waals surface area contributed by atoms with Crippen molar-refractivity contribution >= 4 is 33.3 Å². The van der Waals surface area contributed by atoms with Crippen molar-refractivity contribution in [3.8, 4) is 0 Å². The molecule has 25 heavy (non-hydrogen) atoms. The molecule has 0 N–H and O–H groups in total. The second-order valence-corrected chi connectivity index (χ2v) is 8.03. The monoisotopic (exact) mass is 390 g/mol. The molecule has 1 heterocycles. The summed E-state index contributed by atoms with van der Waals surface area (Å²) in [6.07, 6.45) is 1.41. The lowest BCUT2D eigenvalue weighted by molar-refractivity contribution is -0.385. The number of nitrogens with zero attached hydrogens (tertiary/aromatic N) is 2. The highest BCUT2D eigenvalue weighted by molar-refractivity contribution is 7.89. The number of halogens is 1. The number of rotatable bonds is 6. The third-order valence-corrected chi connectivity index (χ3v) is 6.36. The van der Waals surface area contributed by atoms with E-state index in [4.69, 9.17) is 16.3 Å². The summed E-state index contributed by atoms with van der Waals surface area (Å²) in [6, 6.07) is 3.30. The van der Waals surface area contributed by atoms with E-state index in [0.717, 1.165) is 18.6 Å². The van der Waals surface area contributed by atoms with E-state index < -0.39 is 14.9 Å². The van der Waals surface area contributed by atoms with Crippen molar-refractivity contribution in [2.45, 2.75) is 31.1 Å². The summed E-state index contributed by atoms with van der Waals surface area (Å²) in [4.78, 5) is 21.8. The van der Waals surface area contributed by atoms with E-state index in [1.807, 2.05) is 6.92 Å². The van der Waals surface area contributed by atoms with Gasteiger partial charge in [0.05, 0.1) is 22.5 Å². The Morgan fingerprint density at radius 1 is 1.40 bits per heavy atom. The zero-order valence-corrected chi connectivity index (χ0v) is 15.3. The third-order valence-electron chi connectivity index (χ3n) is 3.98. The summed E-state index contributed by atoms with van der Waals surface area (Å²) >= 11 is 5.94. The van der Waals surface area contributed by atoms with Gasteiger partial charge in [0.1, 0.15) is 4.90 Å². The summed E-state index contributed by atoms with van der Waals surface area (Å²) in [5.74, 6) is -0.647. The molecule has 0 amide bonds. The number of carbonyl (C=O) groups excluding carboxylic acids is 1. The Balaban J connectivity index is 2.13. The second-order valence-electron chi connectivity index (χ2n) is 5.72. The normalized spacial score (nSPS) is 16.6. The molecule has 1 fully saturated rings. The molecule has 0 aliphatic carbocycles. The molecule has 1 aliphatic heterocycles. The van der Waals surface area contributed by atoms with Crippen LogP contribution >= 0.6 is 11.6 Å². The van der Waals surface area contributed by atoms with Crippen molar-refractivity contribution in [2.24, 2.45) is 5.92 Å². The first-order valence-electron chi connectivity index (χ1n) is 7.88. The second kappa shape index (κ2) is 8.11. The maximum absolute atomic E-state index is 12.7. The minimum Gasteiger partial charge on any atom is -0.465 e. The van der Waals surface area contributed by atoms with Crippen molar-refractivity contribution in [3.63, 3.8) is 0 Å². The molecule has 0 aromatic heterocycles. The molecule has 0 spiro atoms. The van der Waals surface area contributed by atoms with Crippen LogP contribution in [0.4, 0.5) is 5.69 Å². The van der Waals surface area contributed by atoms with Gasteiger partial charge < -0.3 is 4.74 Å². The zero-order valence-electron chi connectivity index (χ0n) is 13.7. The fourth-order valence-electron chi connectivity index (χ4n) is 2.59. The molecule has 0 unspecified atom stereocenters. The van der Waals surface area contributed by atoms with Gasteiger partial charge in [0.25, 0.3) is 5.69 Å². The van der Waals surface area contributed by atoms with Gasteiger partial charge in [0.2, 0.25) is 10.0 Å². The Morgan fingerprint density at radius 3 is 2.60 bits per heavy atom. The lowest BCUT2D eigenvalue weighted by Gasteiger charge is -2.30. The van der Waals surface area contributed by atoms with Crippen molar-refractivity contribution in [2.75, 3.05) is 19.7 Å². The first kappa shape index (κ1) is 19.6. The van der Waals surface area contributed by atoms with E-state index in [1.165, 1.54) is 10.4 Å². The van der Waals surface area contributed by atoms with Gasteiger partial charge in [-0.25, -0.2) is 8.42 Å². The lowest BCUT2D eigenvalue weighted by atomic mass is 9.98. The summed E-state index contributed by atoms with van der Waals surface area (Å²) < 4.78 is 31.8. The largest absolute Gasteiger partial charge is 0.465 e. The quantitative estimate of drug-likeness (QED) is 0.419. The van der Waals surface area contributed by atoms with E-state index >= 15 is 0 Å². The molecule has 1 aromatic rings. The van der Waals surface area contributed by atoms with Gasteiger partial charge in [-0.2, -0.15) is 4.31 Å². The lowest BCUT2D eigenvalue weighted by Crippen LogP contribution is -2.40. The predicted molar refractivity (Wildman–Crippen MR) is 90.8 cm³/mol. The molecule has 2 rings (SSSR count). The Hall–Kier alpha value is -1.71. The van der Waals surface area contributed by atoms with Crippen molar-refractivity contribution in [1.82, 2.24) is 4.31 Å². The van der Waals surface area contributed by atoms with Crippen LogP contribution in [-0.4, -0.2) is 43.3 Å². The van der Waals surface area contributed by atoms with E-state index in [9.17, 15) is 23.3 Å². The van der Waals surface area contributed by atoms with Crippen molar-refractivity contribution < 1.29 is 22.9 Å². The minimum absolute atomic E-state index is 0.0740. The Morgan fingerprint density at radius 2 is 2.04 bits per heavy atom. The molecule has 8 nitrogen and oxygen atoms in total. The molecule has 0 bridgehead atoms. The Kier molecular flexibility index (Phi) is 6.36. The number of nitro groups is 1. The Labute approximate surface area is 150 Å². The van der Waals surface area contributed by atoms with Crippen molar-refractivity contribution in [3.05, 3.63) is 33.3 Å². The van der Waals surface area contributed by atoms with Gasteiger partial charge in [-0.1, -0.05) is 18.5 Å². The maximum atomic E-state index is 12.7. The number of piperidine rings is 1. The van der Waals surface area contributed by atoms with E-state index in [2.05, 4.69) is 0 Å². The van der Waals surface area contributed by atoms with Crippen molar-refractivity contribution in [1.29, 1.82) is 0 Å². The molecule has 1 saturated heterocycles. The molecular formula is C15H19ClN2O6S. The highest BCUT2D eigenvalue weighted by Crippen LogP contribution is 2.31. The van der Waals surface area contributed by atoms with Gasteiger partial charge >= 0.3 is 5.97 Å². The number of esters is 1. The smallest absolute Gasteiger partial charge is 0.309 e. The predicted octanol–water partition coefficient (Wildman–Crippen LogP) is 2.60. The summed E-state index contributed by atoms with van der Waals surface area (Å²) in [6.45, 7) is 2.51. The van der Waals surface area contributed by atoms with Crippen LogP contribution in [0.2, 0.25) is 5.02 Å². The Bertz CT molecular complexity index is 759. The van der Waals surface area contributed by atoms with Crippen LogP contribution < -0.4 is 0 Å². The molecule has 1 aromatic carbocycles. The molecule has 0 radical (unpaired) electrons. The molecule has 0 atom stereocenters. The van der Waals surface area contributed by atoms with Gasteiger partial charge in [-0.05, 0) is 25.3 Å². The molecular weight excluding hydrogens is 372 g/mol. The van der Waals surface area contributed by atoms with Crippen LogP contribution in [0, 0.1) is 16.0 Å². The number of non-ortho nitro benzene ring substituents is 1. The average molecular weight is 391 g/mol. The first-order chi connectivity index (χ1) is 11.8. The molecule has 10 heteroatoms. The number of ether oxygens (including phenoxy) is 1. The standard InChI is InChI=1S/C15H19ClN2O6S/c1-2-9-24-15(19)11-5-7-17(8-6-11)25(22,23)14-10-12(18(20)21)3-4-13(14)16/h3-4,10-11H,2,5-9H2,1H3. The van der Waals surface area contributed by atoms with Gasteiger partial charge in [-0.15, -0.1) is 0 Å². The highest BCUT2D eigenvalue weighted by Gasteiger charge is 2.34. The van der Waals surface area contributed by atoms with Gasteiger partial charge in [-0.3, -0.25) is 14.9 Å². The summed E-state index contributed by atoms with van der Waals surface area (Å²) in [7, 11) is -3.97. The first-order valence-corrected chi connectivity index (χ1v) is 9.70. The van der Waals surface area contributed by atoms with Crippen LogP contribution in [0.25, 0.3) is 0 Å². The van der Waals surface area contributed by atoms with Crippen LogP contribution in [0.5, 0.6) is 0 Å². The number of hydrogen-bond acceptors (Lipinski definition) is 6.